The van der Waals surface area contributed by atoms with Gasteiger partial charge in [-0.3, -0.25) is 15.2 Å². The molecule has 0 saturated carbocycles. The molecule has 4 heteroatoms. The summed E-state index contributed by atoms with van der Waals surface area (Å²) >= 11 is 0. The number of rotatable bonds is 5. The number of nitrogens with zero attached hydrogens (tertiary/aromatic N) is 1. The smallest absolute Gasteiger partial charge is 0.238 e. The minimum atomic E-state index is -0.0837. The van der Waals surface area contributed by atoms with Gasteiger partial charge in [-0.25, -0.2) is 0 Å². The van der Waals surface area contributed by atoms with E-state index in [0.29, 0.717) is 12.8 Å². The molecule has 0 saturated heterocycles. The quantitative estimate of drug-likeness (QED) is 0.821. The molecule has 0 radical (unpaired) electrons. The average Bonchev–Trinajstić information content (AvgIpc) is 2.47. The maximum Gasteiger partial charge on any atom is 0.238 e. The number of phenols is 1. The highest BCUT2D eigenvalue weighted by Crippen LogP contribution is 2.17. The maximum atomic E-state index is 11.9. The van der Waals surface area contributed by atoms with Crippen molar-refractivity contribution >= 4 is 11.6 Å². The van der Waals surface area contributed by atoms with Crippen molar-refractivity contribution < 1.29 is 9.90 Å². The van der Waals surface area contributed by atoms with Gasteiger partial charge in [0.2, 0.25) is 5.91 Å². The summed E-state index contributed by atoms with van der Waals surface area (Å²) in [5.74, 6) is 0.149. The Morgan fingerprint density at radius 1 is 1.10 bits per heavy atom. The molecular weight excluding hydrogens is 252 g/mol. The Labute approximate surface area is 118 Å². The summed E-state index contributed by atoms with van der Waals surface area (Å²) in [6, 6.07) is 16.7. The number of anilines is 1. The Morgan fingerprint density at radius 2 is 1.75 bits per heavy atom. The van der Waals surface area contributed by atoms with Crippen LogP contribution in [0.4, 0.5) is 5.69 Å². The summed E-state index contributed by atoms with van der Waals surface area (Å²) in [5.41, 5.74) is 4.50. The van der Waals surface area contributed by atoms with Gasteiger partial charge >= 0.3 is 0 Å². The molecule has 0 spiro atoms. The summed E-state index contributed by atoms with van der Waals surface area (Å²) < 4.78 is 0. The second kappa shape index (κ2) is 6.61. The van der Waals surface area contributed by atoms with E-state index >= 15 is 0 Å². The van der Waals surface area contributed by atoms with Crippen LogP contribution in [0.15, 0.2) is 54.6 Å². The molecule has 0 heterocycles. The summed E-state index contributed by atoms with van der Waals surface area (Å²) in [5, 5.41) is 11.3. The highest BCUT2D eigenvalue weighted by atomic mass is 16.3. The van der Waals surface area contributed by atoms with Gasteiger partial charge in [-0.1, -0.05) is 36.4 Å². The van der Waals surface area contributed by atoms with Gasteiger partial charge in [-0.2, -0.15) is 0 Å². The van der Waals surface area contributed by atoms with Crippen molar-refractivity contribution in [2.75, 3.05) is 12.1 Å². The van der Waals surface area contributed by atoms with E-state index in [0.717, 1.165) is 11.3 Å². The maximum absolute atomic E-state index is 11.9. The number of hydrogen-bond acceptors (Lipinski definition) is 3. The van der Waals surface area contributed by atoms with E-state index in [1.54, 1.807) is 24.2 Å². The number of carbonyl (C=O) groups excluding carboxylic acids is 1. The average molecular weight is 270 g/mol. The number of amides is 1. The molecule has 0 aliphatic heterocycles. The van der Waals surface area contributed by atoms with Gasteiger partial charge in [-0.15, -0.1) is 0 Å². The number of hydrogen-bond donors (Lipinski definition) is 2. The molecule has 0 atom stereocenters. The molecule has 104 valence electrons. The first kappa shape index (κ1) is 13.9. The Hall–Kier alpha value is -2.49. The van der Waals surface area contributed by atoms with E-state index in [1.165, 1.54) is 0 Å². The van der Waals surface area contributed by atoms with Crippen molar-refractivity contribution in [1.82, 2.24) is 5.43 Å². The predicted molar refractivity (Wildman–Crippen MR) is 79.4 cm³/mol. The van der Waals surface area contributed by atoms with Gasteiger partial charge < -0.3 is 5.11 Å². The lowest BCUT2D eigenvalue weighted by molar-refractivity contribution is -0.121. The molecule has 0 aliphatic carbocycles. The molecule has 2 aromatic rings. The molecule has 4 nitrogen and oxygen atoms in total. The lowest BCUT2D eigenvalue weighted by atomic mass is 10.1. The number of benzene rings is 2. The summed E-state index contributed by atoms with van der Waals surface area (Å²) in [4.78, 5) is 11.9. The third-order valence-electron chi connectivity index (χ3n) is 3.05. The number of aryl methyl sites for hydroxylation is 1. The van der Waals surface area contributed by atoms with Crippen LogP contribution in [0, 0.1) is 0 Å². The number of nitrogens with one attached hydrogen (secondary N) is 1. The standard InChI is InChI=1S/C16H18N2O2/c1-18(14-8-3-2-4-9-14)17-16(20)12-11-13-7-5-6-10-15(13)19/h2-10,19H,11-12H2,1H3,(H,17,20). The van der Waals surface area contributed by atoms with E-state index < -0.39 is 0 Å². The van der Waals surface area contributed by atoms with Crippen LogP contribution in [0.5, 0.6) is 5.75 Å². The third-order valence-corrected chi connectivity index (χ3v) is 3.05. The van der Waals surface area contributed by atoms with Crippen molar-refractivity contribution in [2.24, 2.45) is 0 Å². The number of carbonyl (C=O) groups is 1. The van der Waals surface area contributed by atoms with Gasteiger partial charge in [0.15, 0.2) is 0 Å². The fourth-order valence-corrected chi connectivity index (χ4v) is 1.93. The first-order valence-electron chi connectivity index (χ1n) is 6.52. The molecule has 0 aromatic heterocycles. The van der Waals surface area contributed by atoms with Crippen LogP contribution < -0.4 is 10.4 Å². The summed E-state index contributed by atoms with van der Waals surface area (Å²) in [6.45, 7) is 0. The van der Waals surface area contributed by atoms with E-state index in [1.807, 2.05) is 42.5 Å². The highest BCUT2D eigenvalue weighted by Gasteiger charge is 2.07. The minimum Gasteiger partial charge on any atom is -0.508 e. The zero-order valence-electron chi connectivity index (χ0n) is 11.4. The fourth-order valence-electron chi connectivity index (χ4n) is 1.93. The Morgan fingerprint density at radius 3 is 2.45 bits per heavy atom. The molecule has 0 bridgehead atoms. The first-order valence-corrected chi connectivity index (χ1v) is 6.52. The Bertz CT molecular complexity index is 570. The van der Waals surface area contributed by atoms with Crippen LogP contribution in [0.25, 0.3) is 0 Å². The molecule has 1 amide bonds. The fraction of sp³-hybridized carbons (Fsp3) is 0.188. The van der Waals surface area contributed by atoms with E-state index in [9.17, 15) is 9.90 Å². The number of phenolic OH excluding ortho intramolecular Hbond substituents is 1. The summed E-state index contributed by atoms with van der Waals surface area (Å²) in [7, 11) is 1.80. The van der Waals surface area contributed by atoms with E-state index in [4.69, 9.17) is 0 Å². The monoisotopic (exact) mass is 270 g/mol. The van der Waals surface area contributed by atoms with E-state index in [2.05, 4.69) is 5.43 Å². The molecular formula is C16H18N2O2. The van der Waals surface area contributed by atoms with Crippen LogP contribution in [0.3, 0.4) is 0 Å². The number of para-hydroxylation sites is 2. The zero-order valence-corrected chi connectivity index (χ0v) is 11.4. The normalized spacial score (nSPS) is 10.1. The lowest BCUT2D eigenvalue weighted by Crippen LogP contribution is -2.39. The van der Waals surface area contributed by atoms with Crippen LogP contribution in [-0.4, -0.2) is 18.1 Å². The van der Waals surface area contributed by atoms with Crippen molar-refractivity contribution in [3.63, 3.8) is 0 Å². The van der Waals surface area contributed by atoms with Crippen LogP contribution in [0.2, 0.25) is 0 Å². The second-order valence-electron chi connectivity index (χ2n) is 4.56. The molecule has 2 aromatic carbocycles. The van der Waals surface area contributed by atoms with Crippen molar-refractivity contribution in [3.8, 4) is 5.75 Å². The zero-order chi connectivity index (χ0) is 14.4. The van der Waals surface area contributed by atoms with Crippen LogP contribution >= 0.6 is 0 Å². The lowest BCUT2D eigenvalue weighted by Gasteiger charge is -2.20. The number of aromatic hydroxyl groups is 1. The van der Waals surface area contributed by atoms with Gasteiger partial charge in [-0.05, 0) is 30.2 Å². The number of hydrazine groups is 1. The van der Waals surface area contributed by atoms with Gasteiger partial charge in [0.05, 0.1) is 5.69 Å². The Kier molecular flexibility index (Phi) is 4.60. The first-order chi connectivity index (χ1) is 9.66. The summed E-state index contributed by atoms with van der Waals surface area (Å²) in [6.07, 6.45) is 0.843. The molecule has 2 N–H and O–H groups in total. The second-order valence-corrected chi connectivity index (χ2v) is 4.56. The van der Waals surface area contributed by atoms with Gasteiger partial charge in [0.25, 0.3) is 0 Å². The third kappa shape index (κ3) is 3.75. The molecule has 0 unspecified atom stereocenters. The van der Waals surface area contributed by atoms with Gasteiger partial charge in [0.1, 0.15) is 5.75 Å². The van der Waals surface area contributed by atoms with Gasteiger partial charge in [0, 0.05) is 13.5 Å². The SMILES string of the molecule is CN(NC(=O)CCc1ccccc1O)c1ccccc1. The molecule has 0 aliphatic rings. The highest BCUT2D eigenvalue weighted by molar-refractivity contribution is 5.78. The molecule has 2 rings (SSSR count). The minimum absolute atomic E-state index is 0.0837. The van der Waals surface area contributed by atoms with Crippen molar-refractivity contribution in [3.05, 3.63) is 60.2 Å². The van der Waals surface area contributed by atoms with Crippen LogP contribution in [-0.2, 0) is 11.2 Å². The molecule has 0 fully saturated rings. The largest absolute Gasteiger partial charge is 0.508 e. The van der Waals surface area contributed by atoms with E-state index in [-0.39, 0.29) is 11.7 Å². The molecule has 20 heavy (non-hydrogen) atoms. The predicted octanol–water partition coefficient (Wildman–Crippen LogP) is 2.49. The van der Waals surface area contributed by atoms with Crippen molar-refractivity contribution in [1.29, 1.82) is 0 Å². The van der Waals surface area contributed by atoms with Crippen LogP contribution in [0.1, 0.15) is 12.0 Å². The topological polar surface area (TPSA) is 52.6 Å². The van der Waals surface area contributed by atoms with Crippen molar-refractivity contribution in [2.45, 2.75) is 12.8 Å². The Balaban J connectivity index is 1.86.